The Labute approximate surface area is 323 Å². The predicted molar refractivity (Wildman–Crippen MR) is 237 cm³/mol. The predicted octanol–water partition coefficient (Wildman–Crippen LogP) is 15.1. The molecule has 2 aromatic heterocycles. The van der Waals surface area contributed by atoms with Gasteiger partial charge in [0.15, 0.2) is 0 Å². The Bertz CT molecular complexity index is 3180. The van der Waals surface area contributed by atoms with Crippen LogP contribution in [0.5, 0.6) is 0 Å². The summed E-state index contributed by atoms with van der Waals surface area (Å²) in [7, 11) is 0. The summed E-state index contributed by atoms with van der Waals surface area (Å²) in [5.41, 5.74) is 11.8. The fourth-order valence-electron chi connectivity index (χ4n) is 8.35. The summed E-state index contributed by atoms with van der Waals surface area (Å²) in [6, 6.07) is 75.1. The Hall–Kier alpha value is -6.94. The number of fused-ring (bicyclic) bond motifs is 7. The first-order chi connectivity index (χ1) is 27.3. The molecule has 11 rings (SSSR count). The largest absolute Gasteiger partial charge is 0.311 e. The number of rotatable bonds is 6. The van der Waals surface area contributed by atoms with Gasteiger partial charge in [-0.3, -0.25) is 0 Å². The van der Waals surface area contributed by atoms with Gasteiger partial charge in [0, 0.05) is 53.4 Å². The van der Waals surface area contributed by atoms with E-state index in [1.54, 1.807) is 0 Å². The zero-order valence-corrected chi connectivity index (χ0v) is 30.7. The van der Waals surface area contributed by atoms with Gasteiger partial charge >= 0.3 is 0 Å². The Balaban J connectivity index is 0.958. The molecule has 0 amide bonds. The van der Waals surface area contributed by atoms with Crippen molar-refractivity contribution in [1.82, 2.24) is 4.57 Å². The Morgan fingerprint density at radius 2 is 0.855 bits per heavy atom. The molecule has 0 aliphatic heterocycles. The maximum Gasteiger partial charge on any atom is 0.0541 e. The second-order valence-electron chi connectivity index (χ2n) is 14.2. The highest BCUT2D eigenvalue weighted by molar-refractivity contribution is 7.25. The number of hydrogen-bond donors (Lipinski definition) is 0. The van der Waals surface area contributed by atoms with E-state index < -0.39 is 0 Å². The third-order valence-electron chi connectivity index (χ3n) is 11.0. The zero-order chi connectivity index (χ0) is 36.3. The minimum absolute atomic E-state index is 1.11. The molecule has 0 radical (unpaired) electrons. The Morgan fingerprint density at radius 1 is 0.327 bits per heavy atom. The monoisotopic (exact) mass is 718 g/mol. The minimum Gasteiger partial charge on any atom is -0.311 e. The van der Waals surface area contributed by atoms with Gasteiger partial charge < -0.3 is 9.47 Å². The van der Waals surface area contributed by atoms with E-state index in [2.05, 4.69) is 216 Å². The van der Waals surface area contributed by atoms with Crippen LogP contribution in [0.2, 0.25) is 0 Å². The van der Waals surface area contributed by atoms with E-state index in [0.29, 0.717) is 0 Å². The van der Waals surface area contributed by atoms with Crippen LogP contribution in [-0.4, -0.2) is 4.57 Å². The highest BCUT2D eigenvalue weighted by atomic mass is 32.1. The molecule has 0 unspecified atom stereocenters. The zero-order valence-electron chi connectivity index (χ0n) is 29.9. The van der Waals surface area contributed by atoms with Gasteiger partial charge in [0.1, 0.15) is 0 Å². The van der Waals surface area contributed by atoms with Crippen LogP contribution in [0.15, 0.2) is 206 Å². The highest BCUT2D eigenvalue weighted by Crippen LogP contribution is 2.41. The third-order valence-corrected chi connectivity index (χ3v) is 12.1. The van der Waals surface area contributed by atoms with E-state index in [4.69, 9.17) is 0 Å². The normalized spacial score (nSPS) is 11.6. The van der Waals surface area contributed by atoms with E-state index in [-0.39, 0.29) is 0 Å². The molecule has 55 heavy (non-hydrogen) atoms. The number of anilines is 3. The van der Waals surface area contributed by atoms with Gasteiger partial charge in [-0.1, -0.05) is 127 Å². The molecule has 0 atom stereocenters. The lowest BCUT2D eigenvalue weighted by atomic mass is 10.0. The fourth-order valence-corrected chi connectivity index (χ4v) is 9.44. The molecule has 0 fully saturated rings. The molecule has 0 saturated carbocycles. The van der Waals surface area contributed by atoms with Gasteiger partial charge in [-0.2, -0.15) is 0 Å². The molecule has 2 heterocycles. The first-order valence-corrected chi connectivity index (χ1v) is 19.6. The third kappa shape index (κ3) is 5.32. The molecule has 0 aliphatic carbocycles. The summed E-state index contributed by atoms with van der Waals surface area (Å²) in [6.07, 6.45) is 0. The van der Waals surface area contributed by atoms with E-state index >= 15 is 0 Å². The SMILES string of the molecule is c1ccc(N(c2ccc(-c3ccc4sc5ccccc5c4c3)cc2)c2ccc(-c3ccc4c(c3)c3ccccc3n4-c3cccc4ccccc34)cc2)cc1. The van der Waals surface area contributed by atoms with E-state index in [1.165, 1.54) is 80.7 Å². The summed E-state index contributed by atoms with van der Waals surface area (Å²) < 4.78 is 5.08. The lowest BCUT2D eigenvalue weighted by Crippen LogP contribution is -2.09. The van der Waals surface area contributed by atoms with Crippen LogP contribution >= 0.6 is 11.3 Å². The van der Waals surface area contributed by atoms with Crippen molar-refractivity contribution in [3.05, 3.63) is 206 Å². The summed E-state index contributed by atoms with van der Waals surface area (Å²) in [5.74, 6) is 0. The summed E-state index contributed by atoms with van der Waals surface area (Å²) >= 11 is 1.86. The van der Waals surface area contributed by atoms with Gasteiger partial charge in [-0.05, 0) is 107 Å². The summed E-state index contributed by atoms with van der Waals surface area (Å²) in [6.45, 7) is 0. The van der Waals surface area contributed by atoms with E-state index in [0.717, 1.165) is 17.1 Å². The van der Waals surface area contributed by atoms with Crippen molar-refractivity contribution in [2.75, 3.05) is 4.90 Å². The van der Waals surface area contributed by atoms with Crippen LogP contribution in [-0.2, 0) is 0 Å². The lowest BCUT2D eigenvalue weighted by Gasteiger charge is -2.26. The van der Waals surface area contributed by atoms with E-state index in [1.807, 2.05) is 11.3 Å². The molecule has 0 saturated heterocycles. The summed E-state index contributed by atoms with van der Waals surface area (Å²) in [5, 5.41) is 7.65. The Morgan fingerprint density at radius 3 is 1.62 bits per heavy atom. The lowest BCUT2D eigenvalue weighted by molar-refractivity contribution is 1.20. The van der Waals surface area contributed by atoms with Crippen molar-refractivity contribution in [2.45, 2.75) is 0 Å². The quantitative estimate of drug-likeness (QED) is 0.166. The van der Waals surface area contributed by atoms with Gasteiger partial charge in [-0.25, -0.2) is 0 Å². The van der Waals surface area contributed by atoms with Gasteiger partial charge in [-0.15, -0.1) is 11.3 Å². The van der Waals surface area contributed by atoms with Crippen molar-refractivity contribution in [3.63, 3.8) is 0 Å². The van der Waals surface area contributed by atoms with Crippen LogP contribution in [0.25, 0.3) is 80.7 Å². The van der Waals surface area contributed by atoms with Gasteiger partial charge in [0.25, 0.3) is 0 Å². The molecule has 0 spiro atoms. The molecule has 9 aromatic carbocycles. The number of para-hydroxylation sites is 2. The molecule has 2 nitrogen and oxygen atoms in total. The first kappa shape index (κ1) is 31.6. The maximum atomic E-state index is 2.42. The number of aromatic nitrogens is 1. The van der Waals surface area contributed by atoms with Crippen molar-refractivity contribution < 1.29 is 0 Å². The molecule has 258 valence electrons. The fraction of sp³-hybridized carbons (Fsp3) is 0. The van der Waals surface area contributed by atoms with Crippen molar-refractivity contribution in [2.24, 2.45) is 0 Å². The molecule has 0 bridgehead atoms. The van der Waals surface area contributed by atoms with Crippen LogP contribution in [0, 0.1) is 0 Å². The number of hydrogen-bond acceptors (Lipinski definition) is 2. The Kier molecular flexibility index (Phi) is 7.39. The van der Waals surface area contributed by atoms with Crippen LogP contribution in [0.1, 0.15) is 0 Å². The number of thiophene rings is 1. The maximum absolute atomic E-state index is 2.42. The smallest absolute Gasteiger partial charge is 0.0541 e. The van der Waals surface area contributed by atoms with Crippen LogP contribution in [0.3, 0.4) is 0 Å². The van der Waals surface area contributed by atoms with Crippen molar-refractivity contribution in [1.29, 1.82) is 0 Å². The molecule has 11 aromatic rings. The first-order valence-electron chi connectivity index (χ1n) is 18.8. The van der Waals surface area contributed by atoms with Crippen molar-refractivity contribution in [3.8, 4) is 27.9 Å². The number of benzene rings is 9. The van der Waals surface area contributed by atoms with Crippen LogP contribution in [0.4, 0.5) is 17.1 Å². The van der Waals surface area contributed by atoms with Crippen LogP contribution < -0.4 is 4.90 Å². The topological polar surface area (TPSA) is 8.17 Å². The molecular formula is C52H34N2S. The minimum atomic E-state index is 1.11. The molecule has 3 heteroatoms. The molecule has 0 aliphatic rings. The van der Waals surface area contributed by atoms with Gasteiger partial charge in [0.2, 0.25) is 0 Å². The average molecular weight is 719 g/mol. The van der Waals surface area contributed by atoms with E-state index in [9.17, 15) is 0 Å². The second-order valence-corrected chi connectivity index (χ2v) is 15.2. The molecular weight excluding hydrogens is 685 g/mol. The van der Waals surface area contributed by atoms with Crippen molar-refractivity contribution >= 4 is 81.1 Å². The highest BCUT2D eigenvalue weighted by Gasteiger charge is 2.17. The second kappa shape index (κ2) is 12.9. The van der Waals surface area contributed by atoms with Gasteiger partial charge in [0.05, 0.1) is 16.7 Å². The average Bonchev–Trinajstić information content (AvgIpc) is 3.79. The summed E-state index contributed by atoms with van der Waals surface area (Å²) in [4.78, 5) is 2.34. The standard InChI is InChI=1S/C52H34N2S/c1-2-13-40(14-3-1)53(42-29-23-36(24-30-42)39-26-32-52-47(34-39)45-17-7-9-20-51(45)55-52)41-27-21-35(22-28-41)38-25-31-50-46(33-38)44-16-6-8-18-49(44)54(50)48-19-10-12-37-11-4-5-15-43(37)48/h1-34H. The number of nitrogens with zero attached hydrogens (tertiary/aromatic N) is 2. The molecule has 0 N–H and O–H groups in total.